The van der Waals surface area contributed by atoms with Crippen molar-refractivity contribution in [2.75, 3.05) is 0 Å². The second-order valence-corrected chi connectivity index (χ2v) is 8.12. The third-order valence-electron chi connectivity index (χ3n) is 6.91. The van der Waals surface area contributed by atoms with Crippen LogP contribution in [0.1, 0.15) is 43.7 Å². The van der Waals surface area contributed by atoms with E-state index in [1.165, 1.54) is 11.1 Å². The number of nitrogens with one attached hydrogen (secondary N) is 1. The number of nitrogens with zero attached hydrogens (tertiary/aromatic N) is 2. The van der Waals surface area contributed by atoms with E-state index in [9.17, 15) is 9.90 Å². The Kier molecular flexibility index (Phi) is 3.41. The fourth-order valence-electron chi connectivity index (χ4n) is 5.60. The van der Waals surface area contributed by atoms with Gasteiger partial charge in [0, 0.05) is 17.5 Å². The zero-order valence-electron chi connectivity index (χ0n) is 14.5. The van der Waals surface area contributed by atoms with Crippen LogP contribution in [0.2, 0.25) is 0 Å². The molecule has 1 aromatic heterocycles. The predicted octanol–water partition coefficient (Wildman–Crippen LogP) is 3.03. The highest BCUT2D eigenvalue weighted by Crippen LogP contribution is 2.60. The molecule has 26 heavy (non-hydrogen) atoms. The van der Waals surface area contributed by atoms with Crippen molar-refractivity contribution in [2.24, 2.45) is 11.3 Å². The average Bonchev–Trinajstić information content (AvgIpc) is 3.22. The Balaban J connectivity index is 1.36. The van der Waals surface area contributed by atoms with E-state index in [2.05, 4.69) is 33.1 Å². The number of hydrogen-bond donors (Lipinski definition) is 3. The van der Waals surface area contributed by atoms with E-state index in [0.717, 1.165) is 37.8 Å². The number of amides is 1. The number of imidazole rings is 1. The molecule has 5 rings (SSSR count). The predicted molar refractivity (Wildman–Crippen MR) is 95.8 cm³/mol. The molecular weight excluding hydrogens is 330 g/mol. The first-order valence-corrected chi connectivity index (χ1v) is 9.38. The third kappa shape index (κ3) is 2.14. The van der Waals surface area contributed by atoms with Crippen LogP contribution in [0.25, 0.3) is 11.3 Å². The van der Waals surface area contributed by atoms with Gasteiger partial charge in [0.2, 0.25) is 0 Å². The molecule has 1 amide bonds. The highest BCUT2D eigenvalue weighted by Gasteiger charge is 2.57. The van der Waals surface area contributed by atoms with E-state index in [1.807, 2.05) is 18.6 Å². The third-order valence-corrected chi connectivity index (χ3v) is 6.91. The molecule has 2 fully saturated rings. The van der Waals surface area contributed by atoms with Gasteiger partial charge in [-0.15, -0.1) is 0 Å². The van der Waals surface area contributed by atoms with Gasteiger partial charge in [0.1, 0.15) is 0 Å². The molecule has 6 heteroatoms. The standard InChI is InChI=1S/C20H23N3O3/c24-18-15(9-20(18)7-5-12(6-8-20)22-19(25)26)17-14-4-2-1-3-13(14)16-10-21-11-23(16)17/h1-4,10-12,15,17-18,22,24H,5-9H2,(H,25,26)/t12?,15-,17-,18-,20?/m0/s1. The van der Waals surface area contributed by atoms with Crippen LogP contribution < -0.4 is 5.32 Å². The van der Waals surface area contributed by atoms with Gasteiger partial charge in [0.05, 0.1) is 30.4 Å². The summed E-state index contributed by atoms with van der Waals surface area (Å²) in [6, 6.07) is 8.59. The van der Waals surface area contributed by atoms with E-state index in [4.69, 9.17) is 5.11 Å². The smallest absolute Gasteiger partial charge is 0.404 e. The Labute approximate surface area is 151 Å². The summed E-state index contributed by atoms with van der Waals surface area (Å²) >= 11 is 0. The summed E-state index contributed by atoms with van der Waals surface area (Å²) in [5, 5.41) is 22.6. The van der Waals surface area contributed by atoms with Crippen LogP contribution in [0, 0.1) is 11.3 Å². The zero-order chi connectivity index (χ0) is 17.9. The van der Waals surface area contributed by atoms with E-state index in [1.54, 1.807) is 0 Å². The molecule has 3 atom stereocenters. The molecule has 1 aliphatic heterocycles. The molecule has 3 aliphatic rings. The fourth-order valence-corrected chi connectivity index (χ4v) is 5.60. The second-order valence-electron chi connectivity index (χ2n) is 8.12. The lowest BCUT2D eigenvalue weighted by molar-refractivity contribution is -0.152. The normalized spacial score (nSPS) is 34.8. The van der Waals surface area contributed by atoms with Crippen molar-refractivity contribution in [2.45, 2.75) is 50.3 Å². The van der Waals surface area contributed by atoms with Gasteiger partial charge in [0.25, 0.3) is 0 Å². The molecule has 0 bridgehead atoms. The van der Waals surface area contributed by atoms with Crippen molar-refractivity contribution in [3.8, 4) is 11.3 Å². The number of carbonyl (C=O) groups is 1. The summed E-state index contributed by atoms with van der Waals surface area (Å²) in [5.41, 5.74) is 3.59. The second kappa shape index (κ2) is 5.58. The van der Waals surface area contributed by atoms with Gasteiger partial charge >= 0.3 is 6.09 Å². The summed E-state index contributed by atoms with van der Waals surface area (Å²) in [4.78, 5) is 15.2. The monoisotopic (exact) mass is 353 g/mol. The molecular formula is C20H23N3O3. The highest BCUT2D eigenvalue weighted by atomic mass is 16.4. The topological polar surface area (TPSA) is 87.4 Å². The van der Waals surface area contributed by atoms with Gasteiger partial charge in [-0.25, -0.2) is 9.78 Å². The summed E-state index contributed by atoms with van der Waals surface area (Å²) < 4.78 is 2.21. The van der Waals surface area contributed by atoms with Crippen LogP contribution in [0.3, 0.4) is 0 Å². The maximum absolute atomic E-state index is 11.1. The van der Waals surface area contributed by atoms with Crippen molar-refractivity contribution in [1.29, 1.82) is 0 Å². The van der Waals surface area contributed by atoms with Gasteiger partial charge in [0.15, 0.2) is 0 Å². The van der Waals surface area contributed by atoms with Crippen LogP contribution in [0.15, 0.2) is 36.8 Å². The SMILES string of the molecule is O=C(O)NC1CCC2(CC1)C[C@@H]([C@@H]1c3ccccc3-c3cncn31)[C@@H]2O. The quantitative estimate of drug-likeness (QED) is 0.774. The lowest BCUT2D eigenvalue weighted by atomic mass is 9.51. The minimum absolute atomic E-state index is 0.0248. The van der Waals surface area contributed by atoms with E-state index in [-0.39, 0.29) is 29.5 Å². The fraction of sp³-hybridized carbons (Fsp3) is 0.500. The van der Waals surface area contributed by atoms with Crippen molar-refractivity contribution in [1.82, 2.24) is 14.9 Å². The van der Waals surface area contributed by atoms with Crippen LogP contribution in [-0.4, -0.2) is 38.0 Å². The van der Waals surface area contributed by atoms with Gasteiger partial charge < -0.3 is 20.1 Å². The first kappa shape index (κ1) is 15.9. The molecule has 0 radical (unpaired) electrons. The van der Waals surface area contributed by atoms with Crippen molar-refractivity contribution in [3.63, 3.8) is 0 Å². The zero-order valence-corrected chi connectivity index (χ0v) is 14.5. The molecule has 0 saturated heterocycles. The minimum Gasteiger partial charge on any atom is -0.465 e. The maximum Gasteiger partial charge on any atom is 0.404 e. The average molecular weight is 353 g/mol. The summed E-state index contributed by atoms with van der Waals surface area (Å²) in [7, 11) is 0. The molecule has 136 valence electrons. The lowest BCUT2D eigenvalue weighted by Gasteiger charge is -2.57. The molecule has 0 unspecified atom stereocenters. The van der Waals surface area contributed by atoms with Crippen molar-refractivity contribution in [3.05, 3.63) is 42.4 Å². The number of aliphatic hydroxyl groups is 1. The number of rotatable bonds is 2. The number of aromatic nitrogens is 2. The Bertz CT molecular complexity index is 853. The van der Waals surface area contributed by atoms with E-state index in [0.29, 0.717) is 0 Å². The summed E-state index contributed by atoms with van der Waals surface area (Å²) in [6.45, 7) is 0. The molecule has 6 nitrogen and oxygen atoms in total. The van der Waals surface area contributed by atoms with E-state index < -0.39 is 6.09 Å². The number of carboxylic acid groups (broad SMARTS) is 1. The number of aliphatic hydroxyl groups excluding tert-OH is 1. The van der Waals surface area contributed by atoms with Gasteiger partial charge in [-0.05, 0) is 43.1 Å². The van der Waals surface area contributed by atoms with Crippen LogP contribution >= 0.6 is 0 Å². The molecule has 2 aliphatic carbocycles. The Morgan fingerprint density at radius 1 is 1.27 bits per heavy atom. The minimum atomic E-state index is -0.951. The summed E-state index contributed by atoms with van der Waals surface area (Å²) in [6.07, 6.45) is 6.88. The largest absolute Gasteiger partial charge is 0.465 e. The lowest BCUT2D eigenvalue weighted by Crippen LogP contribution is -2.57. The molecule has 3 N–H and O–H groups in total. The van der Waals surface area contributed by atoms with Crippen molar-refractivity contribution >= 4 is 6.09 Å². The Morgan fingerprint density at radius 3 is 2.77 bits per heavy atom. The van der Waals surface area contributed by atoms with Crippen molar-refractivity contribution < 1.29 is 15.0 Å². The molecule has 1 spiro atoms. The number of benzene rings is 1. The molecule has 1 aromatic carbocycles. The summed E-state index contributed by atoms with van der Waals surface area (Å²) in [5.74, 6) is 0.190. The molecule has 2 saturated carbocycles. The first-order valence-electron chi connectivity index (χ1n) is 9.38. The molecule has 2 aromatic rings. The van der Waals surface area contributed by atoms with Gasteiger partial charge in [-0.3, -0.25) is 0 Å². The Morgan fingerprint density at radius 2 is 2.04 bits per heavy atom. The molecule has 2 heterocycles. The maximum atomic E-state index is 11.1. The van der Waals surface area contributed by atoms with Gasteiger partial charge in [-0.1, -0.05) is 24.3 Å². The first-order chi connectivity index (χ1) is 12.6. The van der Waals surface area contributed by atoms with Gasteiger partial charge in [-0.2, -0.15) is 0 Å². The van der Waals surface area contributed by atoms with Crippen LogP contribution in [0.5, 0.6) is 0 Å². The Hall–Kier alpha value is -2.34. The van der Waals surface area contributed by atoms with Crippen LogP contribution in [-0.2, 0) is 0 Å². The highest BCUT2D eigenvalue weighted by molar-refractivity contribution is 5.69. The number of hydrogen-bond acceptors (Lipinski definition) is 3. The number of fused-ring (bicyclic) bond motifs is 3. The van der Waals surface area contributed by atoms with E-state index >= 15 is 0 Å². The van der Waals surface area contributed by atoms with Crippen LogP contribution in [0.4, 0.5) is 4.79 Å².